The fraction of sp³-hybridized carbons (Fsp3) is 0.231. The van der Waals surface area contributed by atoms with Crippen molar-refractivity contribution in [1.29, 1.82) is 0 Å². The van der Waals surface area contributed by atoms with Crippen molar-refractivity contribution in [1.82, 2.24) is 0 Å². The first-order valence-corrected chi connectivity index (χ1v) is 5.77. The summed E-state index contributed by atoms with van der Waals surface area (Å²) < 4.78 is 0. The Morgan fingerprint density at radius 1 is 1.53 bits per heavy atom. The first-order chi connectivity index (χ1) is 7.33. The monoisotopic (exact) mass is 218 g/mol. The predicted octanol–water partition coefficient (Wildman–Crippen LogP) is 2.98. The highest BCUT2D eigenvalue weighted by Crippen LogP contribution is 2.05. The quantitative estimate of drug-likeness (QED) is 0.611. The van der Waals surface area contributed by atoms with Crippen LogP contribution in [-0.4, -0.2) is 11.2 Å². The Kier molecular flexibility index (Phi) is 5.54. The average Bonchev–Trinajstić information content (AvgIpc) is 2.75. The second-order valence-electron chi connectivity index (χ2n) is 2.97. The molecule has 1 aromatic rings. The number of thiophene rings is 1. The van der Waals surface area contributed by atoms with E-state index >= 15 is 0 Å². The van der Waals surface area contributed by atoms with Gasteiger partial charge in [0.05, 0.1) is 11.0 Å². The fourth-order valence-electron chi connectivity index (χ4n) is 0.895. The van der Waals surface area contributed by atoms with Crippen LogP contribution >= 0.6 is 11.3 Å². The van der Waals surface area contributed by atoms with Gasteiger partial charge in [-0.3, -0.25) is 0 Å². The number of hydrogen-bond donors (Lipinski definition) is 1. The zero-order valence-corrected chi connectivity index (χ0v) is 9.50. The van der Waals surface area contributed by atoms with E-state index < -0.39 is 0 Å². The molecule has 0 aliphatic heterocycles. The molecule has 0 aliphatic carbocycles. The SMILES string of the molecule is CCC(O)/C=C/C=C\C#Cc1cccs1. The van der Waals surface area contributed by atoms with E-state index in [9.17, 15) is 5.11 Å². The summed E-state index contributed by atoms with van der Waals surface area (Å²) in [5.41, 5.74) is 0. The molecule has 0 radical (unpaired) electrons. The Labute approximate surface area is 94.8 Å². The van der Waals surface area contributed by atoms with Gasteiger partial charge in [0.1, 0.15) is 0 Å². The molecule has 1 aromatic heterocycles. The minimum atomic E-state index is -0.347. The Morgan fingerprint density at radius 3 is 3.07 bits per heavy atom. The van der Waals surface area contributed by atoms with Gasteiger partial charge >= 0.3 is 0 Å². The molecular formula is C13H14OS. The summed E-state index contributed by atoms with van der Waals surface area (Å²) in [6, 6.07) is 3.97. The topological polar surface area (TPSA) is 20.2 Å². The lowest BCUT2D eigenvalue weighted by Crippen LogP contribution is -1.97. The van der Waals surface area contributed by atoms with E-state index in [1.807, 2.05) is 36.6 Å². The lowest BCUT2D eigenvalue weighted by molar-refractivity contribution is 0.219. The highest BCUT2D eigenvalue weighted by Gasteiger charge is 1.88. The van der Waals surface area contributed by atoms with Crippen molar-refractivity contribution in [3.05, 3.63) is 46.7 Å². The van der Waals surface area contributed by atoms with Crippen molar-refractivity contribution in [2.75, 3.05) is 0 Å². The van der Waals surface area contributed by atoms with E-state index in [2.05, 4.69) is 11.8 Å². The van der Waals surface area contributed by atoms with E-state index in [0.717, 1.165) is 11.3 Å². The molecule has 0 aliphatic rings. The summed E-state index contributed by atoms with van der Waals surface area (Å²) in [6.07, 6.45) is 7.57. The van der Waals surface area contributed by atoms with Crippen LogP contribution in [0.5, 0.6) is 0 Å². The van der Waals surface area contributed by atoms with Gasteiger partial charge in [0, 0.05) is 0 Å². The third-order valence-electron chi connectivity index (χ3n) is 1.76. The van der Waals surface area contributed by atoms with Gasteiger partial charge in [0.25, 0.3) is 0 Å². The smallest absolute Gasteiger partial charge is 0.0771 e. The van der Waals surface area contributed by atoms with Crippen LogP contribution in [0.4, 0.5) is 0 Å². The van der Waals surface area contributed by atoms with Crippen LogP contribution < -0.4 is 0 Å². The molecule has 2 heteroatoms. The largest absolute Gasteiger partial charge is 0.389 e. The summed E-state index contributed by atoms with van der Waals surface area (Å²) in [4.78, 5) is 1.07. The highest BCUT2D eigenvalue weighted by molar-refractivity contribution is 7.10. The second-order valence-corrected chi connectivity index (χ2v) is 3.91. The summed E-state index contributed by atoms with van der Waals surface area (Å²) in [5, 5.41) is 11.2. The van der Waals surface area contributed by atoms with Gasteiger partial charge in [0.2, 0.25) is 0 Å². The molecule has 0 bridgehead atoms. The van der Waals surface area contributed by atoms with Crippen LogP contribution in [0.15, 0.2) is 41.8 Å². The van der Waals surface area contributed by atoms with Crippen molar-refractivity contribution in [2.45, 2.75) is 19.4 Å². The normalized spacial score (nSPS) is 12.9. The molecule has 1 rings (SSSR count). The summed E-state index contributed by atoms with van der Waals surface area (Å²) in [7, 11) is 0. The summed E-state index contributed by atoms with van der Waals surface area (Å²) in [5.74, 6) is 5.94. The predicted molar refractivity (Wildman–Crippen MR) is 65.8 cm³/mol. The van der Waals surface area contributed by atoms with Crippen molar-refractivity contribution in [2.24, 2.45) is 0 Å². The third kappa shape index (κ3) is 5.21. The molecule has 1 atom stereocenters. The van der Waals surface area contributed by atoms with Crippen molar-refractivity contribution >= 4 is 11.3 Å². The van der Waals surface area contributed by atoms with E-state index in [1.54, 1.807) is 23.5 Å². The van der Waals surface area contributed by atoms with Crippen LogP contribution in [0.3, 0.4) is 0 Å². The maximum Gasteiger partial charge on any atom is 0.0771 e. The maximum absolute atomic E-state index is 9.21. The van der Waals surface area contributed by atoms with Gasteiger partial charge in [-0.15, -0.1) is 11.3 Å². The fourth-order valence-corrected chi connectivity index (χ4v) is 1.47. The second kappa shape index (κ2) is 7.05. The van der Waals surface area contributed by atoms with Crippen LogP contribution in [0.2, 0.25) is 0 Å². The molecule has 0 spiro atoms. The van der Waals surface area contributed by atoms with Crippen molar-refractivity contribution in [3.63, 3.8) is 0 Å². The lowest BCUT2D eigenvalue weighted by Gasteiger charge is -1.95. The molecule has 1 unspecified atom stereocenters. The Balaban J connectivity index is 2.37. The van der Waals surface area contributed by atoms with Gasteiger partial charge in [-0.25, -0.2) is 0 Å². The Hall–Kier alpha value is -1.30. The van der Waals surface area contributed by atoms with E-state index in [4.69, 9.17) is 0 Å². The standard InChI is InChI=1S/C13H14OS/c1-2-12(14)8-5-3-4-6-9-13-10-7-11-15-13/h3-5,7-8,10-12,14H,2H2,1H3/b4-3-,8-5+. The van der Waals surface area contributed by atoms with Crippen LogP contribution in [-0.2, 0) is 0 Å². The first-order valence-electron chi connectivity index (χ1n) is 4.89. The molecule has 1 N–H and O–H groups in total. The van der Waals surface area contributed by atoms with Crippen molar-refractivity contribution in [3.8, 4) is 11.8 Å². The number of aliphatic hydroxyl groups excluding tert-OH is 1. The number of aliphatic hydroxyl groups is 1. The van der Waals surface area contributed by atoms with Crippen molar-refractivity contribution < 1.29 is 5.11 Å². The average molecular weight is 218 g/mol. The van der Waals surface area contributed by atoms with E-state index in [0.29, 0.717) is 0 Å². The molecule has 0 aromatic carbocycles. The minimum absolute atomic E-state index is 0.347. The van der Waals surface area contributed by atoms with Gasteiger partial charge in [-0.05, 0) is 23.9 Å². The molecule has 0 saturated heterocycles. The highest BCUT2D eigenvalue weighted by atomic mass is 32.1. The zero-order valence-electron chi connectivity index (χ0n) is 8.68. The number of hydrogen-bond acceptors (Lipinski definition) is 2. The molecule has 0 saturated carbocycles. The number of allylic oxidation sites excluding steroid dienone is 3. The molecule has 1 heterocycles. The first kappa shape index (κ1) is 11.8. The van der Waals surface area contributed by atoms with Gasteiger partial charge in [-0.2, -0.15) is 0 Å². The minimum Gasteiger partial charge on any atom is -0.389 e. The summed E-state index contributed by atoms with van der Waals surface area (Å²) >= 11 is 1.63. The molecular weight excluding hydrogens is 204 g/mol. The Bertz CT molecular complexity index is 376. The Morgan fingerprint density at radius 2 is 2.40 bits per heavy atom. The van der Waals surface area contributed by atoms with E-state index in [-0.39, 0.29) is 6.10 Å². The van der Waals surface area contributed by atoms with Gasteiger partial charge in [-0.1, -0.05) is 43.1 Å². The molecule has 1 nitrogen and oxygen atoms in total. The van der Waals surface area contributed by atoms with Crippen LogP contribution in [0.1, 0.15) is 18.2 Å². The van der Waals surface area contributed by atoms with Gasteiger partial charge < -0.3 is 5.11 Å². The lowest BCUT2D eigenvalue weighted by atomic mass is 10.2. The van der Waals surface area contributed by atoms with Gasteiger partial charge in [0.15, 0.2) is 0 Å². The molecule has 15 heavy (non-hydrogen) atoms. The third-order valence-corrected chi connectivity index (χ3v) is 2.54. The van der Waals surface area contributed by atoms with Crippen LogP contribution in [0, 0.1) is 11.8 Å². The van der Waals surface area contributed by atoms with E-state index in [1.165, 1.54) is 0 Å². The maximum atomic E-state index is 9.21. The van der Waals surface area contributed by atoms with Crippen LogP contribution in [0.25, 0.3) is 0 Å². The number of rotatable bonds is 3. The molecule has 0 fully saturated rings. The molecule has 78 valence electrons. The zero-order chi connectivity index (χ0) is 10.9. The molecule has 0 amide bonds. The summed E-state index contributed by atoms with van der Waals surface area (Å²) in [6.45, 7) is 1.94.